The van der Waals surface area contributed by atoms with Crippen molar-refractivity contribution in [2.75, 3.05) is 30.9 Å². The number of aromatic nitrogens is 4. The number of carbonyl (C=O) groups is 1. The molecule has 6 bridgehead atoms. The summed E-state index contributed by atoms with van der Waals surface area (Å²) < 4.78 is 37.7. The number of fused-ring (bicyclic) bond motifs is 6. The minimum absolute atomic E-state index is 0.0460. The van der Waals surface area contributed by atoms with Crippen molar-refractivity contribution in [2.45, 2.75) is 31.4 Å². The summed E-state index contributed by atoms with van der Waals surface area (Å²) in [5.74, 6) is -0.138. The number of amides is 1. The molecule has 11 nitrogen and oxygen atoms in total. The van der Waals surface area contributed by atoms with Crippen molar-refractivity contribution in [1.82, 2.24) is 29.3 Å². The largest absolute Gasteiger partial charge is 0.471 e. The van der Waals surface area contributed by atoms with Crippen LogP contribution in [0.2, 0.25) is 0 Å². The molecular formula is C29H31N7O4S. The van der Waals surface area contributed by atoms with Crippen LogP contribution in [0, 0.1) is 13.8 Å². The summed E-state index contributed by atoms with van der Waals surface area (Å²) in [6.45, 7) is 6.49. The number of benzene rings is 2. The number of anilines is 1. The lowest BCUT2D eigenvalue weighted by Crippen LogP contribution is -2.40. The van der Waals surface area contributed by atoms with E-state index in [1.807, 2.05) is 49.9 Å². The standard InChI is InChI=1S/C29H31N7O4S/c1-19-6-4-7-20(2)27(19)25-13-26-32-29(31-25)33-41(38,39)24-9-5-8-21(12-24)28(37)36-11-10-35(16-23(17-36)40-26)15-22-14-30-18-34(22)3/h4-9,12-14,18,23H,10-11,15-17H2,1-3H3,(H,31,32,33). The Labute approximate surface area is 238 Å². The van der Waals surface area contributed by atoms with Crippen molar-refractivity contribution in [3.8, 4) is 17.1 Å². The SMILES string of the molecule is Cc1cccc(C)c1-c1cc2nc(n1)NS(=O)(=O)c1cccc(c1)C(=O)N1CCN(Cc3cncn3C)CC(C1)O2. The van der Waals surface area contributed by atoms with E-state index in [1.54, 1.807) is 29.4 Å². The van der Waals surface area contributed by atoms with Crippen molar-refractivity contribution < 1.29 is 17.9 Å². The summed E-state index contributed by atoms with van der Waals surface area (Å²) in [6, 6.07) is 13.7. The molecule has 2 aromatic carbocycles. The molecule has 2 aliphatic heterocycles. The predicted octanol–water partition coefficient (Wildman–Crippen LogP) is 3.01. The molecule has 0 saturated carbocycles. The molecule has 212 valence electrons. The van der Waals surface area contributed by atoms with Crippen LogP contribution in [0.5, 0.6) is 5.88 Å². The first-order chi connectivity index (χ1) is 19.7. The molecule has 0 radical (unpaired) electrons. The van der Waals surface area contributed by atoms with Gasteiger partial charge in [0.25, 0.3) is 15.9 Å². The lowest BCUT2D eigenvalue weighted by atomic mass is 10.00. The average molecular weight is 574 g/mol. The van der Waals surface area contributed by atoms with Gasteiger partial charge < -0.3 is 14.2 Å². The summed E-state index contributed by atoms with van der Waals surface area (Å²) in [6.07, 6.45) is 3.16. The van der Waals surface area contributed by atoms with Crippen molar-refractivity contribution in [3.63, 3.8) is 0 Å². The normalized spacial score (nSPS) is 18.8. The Balaban J connectivity index is 1.46. The summed E-state index contributed by atoms with van der Waals surface area (Å²) in [5.41, 5.74) is 4.73. The Kier molecular flexibility index (Phi) is 6.96. The number of nitrogens with zero attached hydrogens (tertiary/aromatic N) is 6. The average Bonchev–Trinajstić information content (AvgIpc) is 3.22. The van der Waals surface area contributed by atoms with Gasteiger partial charge in [0, 0.05) is 56.6 Å². The number of nitrogens with one attached hydrogen (secondary N) is 1. The third-order valence-corrected chi connectivity index (χ3v) is 8.83. The van der Waals surface area contributed by atoms with Crippen molar-refractivity contribution in [2.24, 2.45) is 7.05 Å². The second-order valence-corrected chi connectivity index (χ2v) is 12.2. The Bertz CT molecular complexity index is 1720. The van der Waals surface area contributed by atoms with Crippen LogP contribution in [0.1, 0.15) is 27.2 Å². The molecule has 1 atom stereocenters. The van der Waals surface area contributed by atoms with Gasteiger partial charge >= 0.3 is 0 Å². The van der Waals surface area contributed by atoms with Crippen molar-refractivity contribution >= 4 is 21.9 Å². The van der Waals surface area contributed by atoms with Crippen LogP contribution in [0.25, 0.3) is 11.3 Å². The Morgan fingerprint density at radius 2 is 1.80 bits per heavy atom. The summed E-state index contributed by atoms with van der Waals surface area (Å²) in [7, 11) is -2.14. The van der Waals surface area contributed by atoms with Crippen molar-refractivity contribution in [1.29, 1.82) is 0 Å². The van der Waals surface area contributed by atoms with E-state index in [0.29, 0.717) is 38.4 Å². The van der Waals surface area contributed by atoms with E-state index in [2.05, 4.69) is 24.6 Å². The maximum Gasteiger partial charge on any atom is 0.264 e. The zero-order valence-electron chi connectivity index (χ0n) is 23.1. The number of aryl methyl sites for hydroxylation is 3. The van der Waals surface area contributed by atoms with Crippen LogP contribution < -0.4 is 9.46 Å². The monoisotopic (exact) mass is 573 g/mol. The highest BCUT2D eigenvalue weighted by molar-refractivity contribution is 7.92. The molecule has 6 rings (SSSR count). The fourth-order valence-electron chi connectivity index (χ4n) is 5.41. The van der Waals surface area contributed by atoms with Crippen LogP contribution in [0.15, 0.2) is 66.0 Å². The second-order valence-electron chi connectivity index (χ2n) is 10.5. The van der Waals surface area contributed by atoms with E-state index in [4.69, 9.17) is 4.74 Å². The molecule has 2 aromatic heterocycles. The summed E-state index contributed by atoms with van der Waals surface area (Å²) >= 11 is 0. The van der Waals surface area contributed by atoms with Gasteiger partial charge in [-0.2, -0.15) is 4.98 Å². The first-order valence-corrected chi connectivity index (χ1v) is 14.9. The summed E-state index contributed by atoms with van der Waals surface area (Å²) in [5, 5.41) is 0. The third-order valence-electron chi connectivity index (χ3n) is 7.51. The number of ether oxygens (including phenoxy) is 1. The summed E-state index contributed by atoms with van der Waals surface area (Å²) in [4.78, 5) is 30.9. The van der Waals surface area contributed by atoms with Crippen molar-refractivity contribution in [3.05, 3.63) is 83.4 Å². The minimum atomic E-state index is -4.09. The molecule has 0 spiro atoms. The fraction of sp³-hybridized carbons (Fsp3) is 0.310. The van der Waals surface area contributed by atoms with E-state index in [1.165, 1.54) is 12.1 Å². The van der Waals surface area contributed by atoms with Crippen LogP contribution in [-0.2, 0) is 23.6 Å². The molecule has 1 N–H and O–H groups in total. The highest BCUT2D eigenvalue weighted by atomic mass is 32.2. The molecule has 1 unspecified atom stereocenters. The first kappa shape index (κ1) is 26.9. The molecule has 41 heavy (non-hydrogen) atoms. The van der Waals surface area contributed by atoms with E-state index in [0.717, 1.165) is 22.4 Å². The number of sulfonamides is 1. The van der Waals surface area contributed by atoms with Crippen LogP contribution >= 0.6 is 0 Å². The Morgan fingerprint density at radius 1 is 1.02 bits per heavy atom. The number of carbonyl (C=O) groups excluding carboxylic acids is 1. The molecule has 1 amide bonds. The van der Waals surface area contributed by atoms with Gasteiger partial charge in [-0.3, -0.25) is 9.69 Å². The van der Waals surface area contributed by atoms with Gasteiger partial charge in [0.05, 0.1) is 29.2 Å². The lowest BCUT2D eigenvalue weighted by Gasteiger charge is -2.25. The zero-order valence-corrected chi connectivity index (χ0v) is 23.9. The fourth-order valence-corrected chi connectivity index (χ4v) is 6.40. The third kappa shape index (κ3) is 5.52. The molecule has 12 heteroatoms. The van der Waals surface area contributed by atoms with E-state index >= 15 is 0 Å². The first-order valence-electron chi connectivity index (χ1n) is 13.4. The van der Waals surface area contributed by atoms with Gasteiger partial charge in [-0.25, -0.2) is 23.1 Å². The molecule has 2 aliphatic rings. The molecule has 1 saturated heterocycles. The van der Waals surface area contributed by atoms with Gasteiger partial charge in [-0.05, 0) is 43.2 Å². The highest BCUT2D eigenvalue weighted by Crippen LogP contribution is 2.30. The van der Waals surface area contributed by atoms with Crippen LogP contribution in [-0.4, -0.2) is 75.9 Å². The minimum Gasteiger partial charge on any atom is -0.471 e. The van der Waals surface area contributed by atoms with Crippen LogP contribution in [0.4, 0.5) is 5.95 Å². The lowest BCUT2D eigenvalue weighted by molar-refractivity contribution is 0.0690. The van der Waals surface area contributed by atoms with Gasteiger partial charge in [0.15, 0.2) is 0 Å². The molecule has 1 fully saturated rings. The Morgan fingerprint density at radius 3 is 2.56 bits per heavy atom. The quantitative estimate of drug-likeness (QED) is 0.397. The highest BCUT2D eigenvalue weighted by Gasteiger charge is 2.30. The number of rotatable bonds is 3. The second kappa shape index (κ2) is 10.6. The molecule has 4 aromatic rings. The number of hydrogen-bond acceptors (Lipinski definition) is 8. The maximum atomic E-state index is 13.7. The van der Waals surface area contributed by atoms with Gasteiger partial charge in [-0.1, -0.05) is 24.3 Å². The zero-order chi connectivity index (χ0) is 28.7. The topological polar surface area (TPSA) is 123 Å². The van der Waals surface area contributed by atoms with E-state index < -0.39 is 16.1 Å². The van der Waals surface area contributed by atoms with Gasteiger partial charge in [0.1, 0.15) is 6.10 Å². The van der Waals surface area contributed by atoms with E-state index in [9.17, 15) is 13.2 Å². The van der Waals surface area contributed by atoms with E-state index in [-0.39, 0.29) is 28.2 Å². The molecule has 4 heterocycles. The molecule has 0 aliphatic carbocycles. The maximum absolute atomic E-state index is 13.7. The number of imidazole rings is 1. The predicted molar refractivity (Wildman–Crippen MR) is 153 cm³/mol. The smallest absolute Gasteiger partial charge is 0.264 e. The molecular weight excluding hydrogens is 542 g/mol. The van der Waals surface area contributed by atoms with Gasteiger partial charge in [0.2, 0.25) is 11.8 Å². The Hall–Kier alpha value is -4.29. The number of hydrogen-bond donors (Lipinski definition) is 1. The van der Waals surface area contributed by atoms with Crippen LogP contribution in [0.3, 0.4) is 0 Å². The van der Waals surface area contributed by atoms with Gasteiger partial charge in [-0.15, -0.1) is 0 Å².